The first-order valence-electron chi connectivity index (χ1n) is 18.8. The van der Waals surface area contributed by atoms with Crippen molar-refractivity contribution in [3.8, 4) is 11.5 Å². The number of carbonyl (C=O) groups excluding carboxylic acids is 4. The molecule has 12 nitrogen and oxygen atoms in total. The minimum atomic E-state index is -1.07. The number of aryl methyl sites for hydroxylation is 2. The molecule has 0 spiro atoms. The number of carbonyl (C=O) groups is 6. The van der Waals surface area contributed by atoms with E-state index in [0.29, 0.717) is 43.8 Å². The number of carboxylic acids is 2. The summed E-state index contributed by atoms with van der Waals surface area (Å²) in [5.41, 5.74) is 1.43. The average Bonchev–Trinajstić information content (AvgIpc) is 3.95. The van der Waals surface area contributed by atoms with Crippen LogP contribution in [0.5, 0.6) is 11.5 Å². The monoisotopic (exact) mass is 850 g/mol. The molecule has 5 rings (SSSR count). The first-order chi connectivity index (χ1) is 27.5. The normalized spacial score (nSPS) is 13.1. The molecule has 310 valence electrons. The van der Waals surface area contributed by atoms with Crippen molar-refractivity contribution in [3.63, 3.8) is 0 Å². The van der Waals surface area contributed by atoms with E-state index in [0.717, 1.165) is 60.0 Å². The number of aliphatic carboxylic acids is 2. The highest BCUT2D eigenvalue weighted by Gasteiger charge is 2.38. The van der Waals surface area contributed by atoms with E-state index in [2.05, 4.69) is 10.6 Å². The molecule has 1 fully saturated rings. The minimum absolute atomic E-state index is 0.00268. The van der Waals surface area contributed by atoms with Gasteiger partial charge in [0.1, 0.15) is 26.2 Å². The van der Waals surface area contributed by atoms with Crippen molar-refractivity contribution in [3.05, 3.63) is 92.7 Å². The second-order valence-corrected chi connectivity index (χ2v) is 18.3. The number of ether oxygens (including phenoxy) is 2. The Hall–Kier alpha value is -4.99. The Bertz CT molecular complexity index is 2100. The Balaban J connectivity index is 0.000000257. The summed E-state index contributed by atoms with van der Waals surface area (Å²) in [7, 11) is 3.12. The number of hydrogen-bond acceptors (Lipinski definition) is 11. The average molecular weight is 851 g/mol. The number of benzene rings is 2. The van der Waals surface area contributed by atoms with Crippen LogP contribution in [0.4, 0.5) is 10.0 Å². The van der Waals surface area contributed by atoms with Gasteiger partial charge in [-0.3, -0.25) is 28.8 Å². The van der Waals surface area contributed by atoms with E-state index in [4.69, 9.17) is 14.6 Å². The zero-order valence-corrected chi connectivity index (χ0v) is 36.0. The molecule has 0 atom stereocenters. The van der Waals surface area contributed by atoms with E-state index < -0.39 is 22.1 Å². The third-order valence-corrected chi connectivity index (χ3v) is 13.5. The van der Waals surface area contributed by atoms with Crippen molar-refractivity contribution in [1.29, 1.82) is 0 Å². The van der Waals surface area contributed by atoms with Gasteiger partial charge in [-0.15, -0.1) is 34.4 Å². The lowest BCUT2D eigenvalue weighted by Gasteiger charge is -2.26. The summed E-state index contributed by atoms with van der Waals surface area (Å²) in [4.78, 5) is 75.6. The maximum atomic E-state index is 13.1. The fourth-order valence-electron chi connectivity index (χ4n) is 6.40. The van der Waals surface area contributed by atoms with Gasteiger partial charge in [-0.05, 0) is 106 Å². The molecule has 0 radical (unpaired) electrons. The molecular weight excluding hydrogens is 801 g/mol. The van der Waals surface area contributed by atoms with Gasteiger partial charge < -0.3 is 30.3 Å². The van der Waals surface area contributed by atoms with E-state index >= 15 is 0 Å². The van der Waals surface area contributed by atoms with Gasteiger partial charge in [0.05, 0.1) is 37.5 Å². The Morgan fingerprint density at radius 3 is 1.52 bits per heavy atom. The van der Waals surface area contributed by atoms with Crippen LogP contribution in [-0.4, -0.2) is 70.3 Å². The molecule has 0 aliphatic heterocycles. The third-order valence-electron chi connectivity index (χ3n) is 9.77. The van der Waals surface area contributed by atoms with Crippen LogP contribution in [0.25, 0.3) is 0 Å². The van der Waals surface area contributed by atoms with Crippen LogP contribution in [0.2, 0.25) is 0 Å². The van der Waals surface area contributed by atoms with Crippen molar-refractivity contribution >= 4 is 79.8 Å². The zero-order valence-electron chi connectivity index (χ0n) is 33.5. The number of rotatable bonds is 18. The molecule has 58 heavy (non-hydrogen) atoms. The second-order valence-electron chi connectivity index (χ2n) is 14.4. The molecule has 2 aromatic carbocycles. The highest BCUT2D eigenvalue weighted by Crippen LogP contribution is 2.44. The topological polar surface area (TPSA) is 185 Å². The third kappa shape index (κ3) is 12.3. The van der Waals surface area contributed by atoms with Gasteiger partial charge in [-0.2, -0.15) is 0 Å². The number of hydrogen-bond donors (Lipinski definition) is 4. The predicted molar refractivity (Wildman–Crippen MR) is 229 cm³/mol. The lowest BCUT2D eigenvalue weighted by atomic mass is 9.79. The Kier molecular flexibility index (Phi) is 16.3. The van der Waals surface area contributed by atoms with Crippen molar-refractivity contribution < 1.29 is 48.5 Å². The summed E-state index contributed by atoms with van der Waals surface area (Å²) in [6.07, 6.45) is 5.04. The Morgan fingerprint density at radius 1 is 0.707 bits per heavy atom. The summed E-state index contributed by atoms with van der Waals surface area (Å²) in [5.74, 6) is -1.47. The number of anilines is 2. The first kappa shape index (κ1) is 45.7. The Morgan fingerprint density at radius 2 is 1.14 bits per heavy atom. The van der Waals surface area contributed by atoms with Crippen molar-refractivity contribution in [2.24, 2.45) is 5.41 Å². The van der Waals surface area contributed by atoms with E-state index in [1.165, 1.54) is 22.7 Å². The number of thiophene rings is 2. The van der Waals surface area contributed by atoms with Crippen LogP contribution in [0.3, 0.4) is 0 Å². The molecule has 0 unspecified atom stereocenters. The standard InChI is InChI=1S/C23H27NO5S.C20H23NO5S2/c1-3-17-12-18(21(28)15-6-8-16(29-2)9-7-15)22(30-17)24-19(25)13-23(14-20(26)27)10-4-5-11-23;1-5-14-10-15(17(23)12-6-8-13(26-4)9-7-12)18(28-14)21-16(22)11-27-20(2,3)19(24)25/h6-9,12H,3-5,10-11,13-14H2,1-2H3,(H,24,25)(H,26,27);6-10H,5,11H2,1-4H3,(H,21,22)(H,24,25). The molecule has 0 saturated heterocycles. The molecule has 15 heteroatoms. The first-order valence-corrected chi connectivity index (χ1v) is 21.5. The molecule has 1 aliphatic carbocycles. The second kappa shape index (κ2) is 20.6. The molecule has 2 heterocycles. The quantitative estimate of drug-likeness (QED) is 0.0701. The summed E-state index contributed by atoms with van der Waals surface area (Å²) < 4.78 is 9.19. The number of amides is 2. The highest BCUT2D eigenvalue weighted by atomic mass is 32.2. The van der Waals surface area contributed by atoms with E-state index in [1.54, 1.807) is 82.7 Å². The van der Waals surface area contributed by atoms with Gasteiger partial charge in [-0.1, -0.05) is 26.7 Å². The number of nitrogens with one attached hydrogen (secondary N) is 2. The van der Waals surface area contributed by atoms with Gasteiger partial charge in [0, 0.05) is 27.3 Å². The Labute approximate surface area is 350 Å². The summed E-state index contributed by atoms with van der Waals surface area (Å²) >= 11 is 3.79. The smallest absolute Gasteiger partial charge is 0.319 e. The number of thioether (sulfide) groups is 1. The molecule has 0 bridgehead atoms. The zero-order chi connectivity index (χ0) is 42.6. The van der Waals surface area contributed by atoms with Gasteiger partial charge in [0.2, 0.25) is 11.8 Å². The summed E-state index contributed by atoms with van der Waals surface area (Å²) in [6.45, 7) is 7.07. The lowest BCUT2D eigenvalue weighted by Crippen LogP contribution is -2.29. The SMILES string of the molecule is CCc1cc(C(=O)c2ccc(OC)cc2)c(NC(=O)CC2(CC(=O)O)CCCC2)s1.CCc1cc(C(=O)c2ccc(OC)cc2)c(NC(=O)CSC(C)(C)C(=O)O)s1. The molecule has 1 saturated carbocycles. The predicted octanol–water partition coefficient (Wildman–Crippen LogP) is 9.00. The van der Waals surface area contributed by atoms with Crippen LogP contribution < -0.4 is 20.1 Å². The van der Waals surface area contributed by atoms with Gasteiger partial charge >= 0.3 is 11.9 Å². The molecule has 4 aromatic rings. The van der Waals surface area contributed by atoms with Gasteiger partial charge in [0.25, 0.3) is 0 Å². The van der Waals surface area contributed by atoms with Crippen LogP contribution in [0, 0.1) is 5.41 Å². The van der Waals surface area contributed by atoms with Crippen LogP contribution >= 0.6 is 34.4 Å². The lowest BCUT2D eigenvalue weighted by molar-refractivity contribution is -0.140. The molecule has 2 aromatic heterocycles. The number of ketones is 2. The van der Waals surface area contributed by atoms with Gasteiger partial charge in [0.15, 0.2) is 11.6 Å². The van der Waals surface area contributed by atoms with Crippen LogP contribution in [0.15, 0.2) is 60.7 Å². The van der Waals surface area contributed by atoms with Crippen molar-refractivity contribution in [2.75, 3.05) is 30.6 Å². The fourth-order valence-corrected chi connectivity index (χ4v) is 9.10. The molecule has 1 aliphatic rings. The van der Waals surface area contributed by atoms with Crippen molar-refractivity contribution in [1.82, 2.24) is 0 Å². The molecule has 2 amide bonds. The summed E-state index contributed by atoms with van der Waals surface area (Å²) in [5, 5.41) is 25.1. The maximum absolute atomic E-state index is 13.1. The van der Waals surface area contributed by atoms with Gasteiger partial charge in [-0.25, -0.2) is 0 Å². The van der Waals surface area contributed by atoms with Crippen molar-refractivity contribution in [2.45, 2.75) is 83.8 Å². The maximum Gasteiger partial charge on any atom is 0.319 e. The number of methoxy groups -OCH3 is 2. The van der Waals surface area contributed by atoms with Crippen LogP contribution in [0.1, 0.15) is 108 Å². The van der Waals surface area contributed by atoms with Crippen LogP contribution in [-0.2, 0) is 32.0 Å². The fraction of sp³-hybridized carbons (Fsp3) is 0.395. The largest absolute Gasteiger partial charge is 0.497 e. The minimum Gasteiger partial charge on any atom is -0.497 e. The molecule has 4 N–H and O–H groups in total. The summed E-state index contributed by atoms with van der Waals surface area (Å²) in [6, 6.07) is 17.3. The van der Waals surface area contributed by atoms with E-state index in [9.17, 15) is 33.9 Å². The van der Waals surface area contributed by atoms with E-state index in [1.807, 2.05) is 19.9 Å². The van der Waals surface area contributed by atoms with E-state index in [-0.39, 0.29) is 42.0 Å². The number of carboxylic acid groups (broad SMARTS) is 2. The molecular formula is C43H50N2O10S3. The highest BCUT2D eigenvalue weighted by molar-refractivity contribution is 8.02.